The van der Waals surface area contributed by atoms with Crippen molar-refractivity contribution in [1.29, 1.82) is 0 Å². The van der Waals surface area contributed by atoms with Gasteiger partial charge in [-0.2, -0.15) is 5.10 Å². The van der Waals surface area contributed by atoms with E-state index < -0.39 is 11.2 Å². The Kier molecular flexibility index (Phi) is 6.69. The smallest absolute Gasteiger partial charge is 0.195 e. The van der Waals surface area contributed by atoms with Crippen LogP contribution in [0.4, 0.5) is 4.39 Å². The molecule has 1 atom stereocenters. The molecule has 1 heterocycles. The lowest BCUT2D eigenvalue weighted by atomic mass is 10.1. The van der Waals surface area contributed by atoms with Crippen LogP contribution in [0.2, 0.25) is 5.02 Å². The molecule has 0 aliphatic carbocycles. The van der Waals surface area contributed by atoms with Crippen molar-refractivity contribution < 1.29 is 18.4 Å². The van der Waals surface area contributed by atoms with Gasteiger partial charge in [-0.1, -0.05) is 35.9 Å². The van der Waals surface area contributed by atoms with Crippen LogP contribution in [-0.4, -0.2) is 28.6 Å². The van der Waals surface area contributed by atoms with Crippen molar-refractivity contribution in [1.82, 2.24) is 9.78 Å². The summed E-state index contributed by atoms with van der Waals surface area (Å²) in [4.78, 5) is 0.472. The zero-order valence-electron chi connectivity index (χ0n) is 17.4. The summed E-state index contributed by atoms with van der Waals surface area (Å²) in [6.45, 7) is 0. The number of rotatable bonds is 7. The standard InChI is InChI=1S/C24H20ClFN2O3S/c1-30-22-14-23(31-2)24(32(29)15-16-6-5-7-17(26)12-16)13-18(22)20-10-11-27-28(20)21-9-4-3-8-19(21)25/h3-14H,15H2,1-2H3. The van der Waals surface area contributed by atoms with E-state index in [1.54, 1.807) is 48.3 Å². The minimum atomic E-state index is -1.49. The number of aromatic nitrogens is 2. The average Bonchev–Trinajstić information content (AvgIpc) is 3.27. The van der Waals surface area contributed by atoms with E-state index in [4.69, 9.17) is 21.1 Å². The largest absolute Gasteiger partial charge is 0.611 e. The predicted octanol–water partition coefficient (Wildman–Crippen LogP) is 5.66. The fourth-order valence-corrected chi connectivity index (χ4v) is 4.90. The van der Waals surface area contributed by atoms with Crippen LogP contribution in [0.15, 0.2) is 77.8 Å². The van der Waals surface area contributed by atoms with Crippen LogP contribution in [0.5, 0.6) is 11.5 Å². The molecular formula is C24H20ClFN2O3S. The van der Waals surface area contributed by atoms with Gasteiger partial charge in [0.25, 0.3) is 0 Å². The quantitative estimate of drug-likeness (QED) is 0.327. The van der Waals surface area contributed by atoms with Crippen molar-refractivity contribution in [3.63, 3.8) is 0 Å². The van der Waals surface area contributed by atoms with Crippen molar-refractivity contribution in [2.75, 3.05) is 14.2 Å². The topological polar surface area (TPSA) is 59.3 Å². The summed E-state index contributed by atoms with van der Waals surface area (Å²) in [5.74, 6) is 0.723. The molecular weight excluding hydrogens is 451 g/mol. The Bertz CT molecular complexity index is 1250. The fourth-order valence-electron chi connectivity index (χ4n) is 3.43. The maximum absolute atomic E-state index is 13.6. The maximum Gasteiger partial charge on any atom is 0.195 e. The van der Waals surface area contributed by atoms with Crippen LogP contribution >= 0.6 is 11.6 Å². The second kappa shape index (κ2) is 9.65. The van der Waals surface area contributed by atoms with E-state index in [9.17, 15) is 8.94 Å². The molecule has 32 heavy (non-hydrogen) atoms. The van der Waals surface area contributed by atoms with Gasteiger partial charge in [0.15, 0.2) is 10.6 Å². The highest BCUT2D eigenvalue weighted by Gasteiger charge is 2.24. The van der Waals surface area contributed by atoms with Crippen molar-refractivity contribution in [3.8, 4) is 28.4 Å². The Labute approximate surface area is 193 Å². The number of nitrogens with zero attached hydrogens (tertiary/aromatic N) is 2. The van der Waals surface area contributed by atoms with Crippen LogP contribution in [-0.2, 0) is 16.9 Å². The van der Waals surface area contributed by atoms with Gasteiger partial charge in [-0.05, 0) is 41.5 Å². The molecule has 0 aliphatic rings. The number of halogens is 2. The van der Waals surface area contributed by atoms with Gasteiger partial charge in [-0.15, -0.1) is 0 Å². The van der Waals surface area contributed by atoms with Crippen molar-refractivity contribution >= 4 is 22.8 Å². The minimum Gasteiger partial charge on any atom is -0.611 e. The lowest BCUT2D eigenvalue weighted by Crippen LogP contribution is -2.09. The third-order valence-electron chi connectivity index (χ3n) is 4.92. The normalized spacial score (nSPS) is 11.9. The molecule has 0 amide bonds. The average molecular weight is 471 g/mol. The second-order valence-electron chi connectivity index (χ2n) is 6.90. The van der Waals surface area contributed by atoms with Gasteiger partial charge in [0, 0.05) is 23.3 Å². The third-order valence-corrected chi connectivity index (χ3v) is 6.64. The number of hydrogen-bond acceptors (Lipinski definition) is 4. The van der Waals surface area contributed by atoms with E-state index >= 15 is 0 Å². The Morgan fingerprint density at radius 2 is 1.78 bits per heavy atom. The molecule has 164 valence electrons. The van der Waals surface area contributed by atoms with Crippen LogP contribution < -0.4 is 9.47 Å². The second-order valence-corrected chi connectivity index (χ2v) is 8.73. The predicted molar refractivity (Wildman–Crippen MR) is 124 cm³/mol. The van der Waals surface area contributed by atoms with Crippen LogP contribution in [0.3, 0.4) is 0 Å². The lowest BCUT2D eigenvalue weighted by molar-refractivity contribution is 0.387. The Balaban J connectivity index is 1.81. The fraction of sp³-hybridized carbons (Fsp3) is 0.125. The van der Waals surface area contributed by atoms with Crippen molar-refractivity contribution in [2.24, 2.45) is 0 Å². The molecule has 0 spiro atoms. The zero-order valence-corrected chi connectivity index (χ0v) is 19.0. The van der Waals surface area contributed by atoms with Gasteiger partial charge in [-0.3, -0.25) is 0 Å². The molecule has 1 unspecified atom stereocenters. The van der Waals surface area contributed by atoms with Gasteiger partial charge >= 0.3 is 0 Å². The molecule has 1 aromatic heterocycles. The number of para-hydroxylation sites is 1. The van der Waals surface area contributed by atoms with Crippen molar-refractivity contribution in [3.05, 3.63) is 89.3 Å². The molecule has 0 N–H and O–H groups in total. The Morgan fingerprint density at radius 3 is 2.50 bits per heavy atom. The molecule has 5 nitrogen and oxygen atoms in total. The number of ether oxygens (including phenoxy) is 2. The summed E-state index contributed by atoms with van der Waals surface area (Å²) in [6.07, 6.45) is 1.66. The summed E-state index contributed by atoms with van der Waals surface area (Å²) < 4.78 is 39.6. The number of hydrogen-bond donors (Lipinski definition) is 0. The molecule has 4 aromatic rings. The van der Waals surface area contributed by atoms with E-state index in [0.29, 0.717) is 43.9 Å². The first-order valence-corrected chi connectivity index (χ1v) is 11.4. The summed E-state index contributed by atoms with van der Waals surface area (Å²) in [6, 6.07) is 18.7. The minimum absolute atomic E-state index is 0.143. The van der Waals surface area contributed by atoms with Gasteiger partial charge in [0.1, 0.15) is 17.3 Å². The molecule has 4 rings (SSSR count). The zero-order chi connectivity index (χ0) is 22.7. The summed E-state index contributed by atoms with van der Waals surface area (Å²) in [5.41, 5.74) is 2.72. The van der Waals surface area contributed by atoms with Gasteiger partial charge in [-0.25, -0.2) is 9.07 Å². The molecule has 3 aromatic carbocycles. The highest BCUT2D eigenvalue weighted by atomic mass is 35.5. The lowest BCUT2D eigenvalue weighted by Gasteiger charge is -2.18. The van der Waals surface area contributed by atoms with E-state index in [-0.39, 0.29) is 11.6 Å². The maximum atomic E-state index is 13.6. The first-order valence-electron chi connectivity index (χ1n) is 9.70. The molecule has 0 aliphatic heterocycles. The van der Waals surface area contributed by atoms with Gasteiger partial charge < -0.3 is 14.0 Å². The number of methoxy groups -OCH3 is 2. The van der Waals surface area contributed by atoms with E-state index in [1.165, 1.54) is 19.2 Å². The van der Waals surface area contributed by atoms with E-state index in [0.717, 1.165) is 0 Å². The SMILES string of the molecule is COc1cc(OC)c([S+]([O-])Cc2cccc(F)c2)cc1-c1ccnn1-c1ccccc1Cl. The molecule has 0 fully saturated rings. The summed E-state index contributed by atoms with van der Waals surface area (Å²) in [5, 5.41) is 4.96. The van der Waals surface area contributed by atoms with E-state index in [1.807, 2.05) is 24.3 Å². The molecule has 0 saturated carbocycles. The Morgan fingerprint density at radius 1 is 1.00 bits per heavy atom. The van der Waals surface area contributed by atoms with Crippen LogP contribution in [0, 0.1) is 5.82 Å². The number of benzene rings is 3. The molecule has 0 saturated heterocycles. The van der Waals surface area contributed by atoms with Gasteiger partial charge in [0.2, 0.25) is 0 Å². The highest BCUT2D eigenvalue weighted by Crippen LogP contribution is 2.40. The van der Waals surface area contributed by atoms with Gasteiger partial charge in [0.05, 0.1) is 36.8 Å². The van der Waals surface area contributed by atoms with Crippen LogP contribution in [0.25, 0.3) is 16.9 Å². The first-order chi connectivity index (χ1) is 15.5. The molecule has 0 bridgehead atoms. The monoisotopic (exact) mass is 470 g/mol. The summed E-state index contributed by atoms with van der Waals surface area (Å²) >= 11 is 4.90. The van der Waals surface area contributed by atoms with Crippen molar-refractivity contribution in [2.45, 2.75) is 10.6 Å². The molecule has 8 heteroatoms. The summed E-state index contributed by atoms with van der Waals surface area (Å²) in [7, 11) is 3.06. The van der Waals surface area contributed by atoms with Crippen LogP contribution in [0.1, 0.15) is 5.56 Å². The highest BCUT2D eigenvalue weighted by molar-refractivity contribution is 7.90. The first kappa shape index (κ1) is 22.2. The third kappa shape index (κ3) is 4.46. The molecule has 0 radical (unpaired) electrons. The van der Waals surface area contributed by atoms with E-state index in [2.05, 4.69) is 5.10 Å². The Hall–Kier alpha value is -3.00.